The van der Waals surface area contributed by atoms with Gasteiger partial charge in [0.05, 0.1) is 5.56 Å². The normalized spacial score (nSPS) is 12.0. The first-order chi connectivity index (χ1) is 12.5. The van der Waals surface area contributed by atoms with Crippen LogP contribution in [0.1, 0.15) is 56.5 Å². The summed E-state index contributed by atoms with van der Waals surface area (Å²) in [5, 5.41) is 11.4. The van der Waals surface area contributed by atoms with Crippen LogP contribution >= 0.6 is 0 Å². The van der Waals surface area contributed by atoms with Crippen molar-refractivity contribution < 1.29 is 29.1 Å². The molecule has 2 amide bonds. The Balaban J connectivity index is 2.50. The third-order valence-electron chi connectivity index (χ3n) is 3.71. The summed E-state index contributed by atoms with van der Waals surface area (Å²) in [5.74, 6) is -1.99. The molecule has 8 heteroatoms. The van der Waals surface area contributed by atoms with Crippen LogP contribution in [0, 0.1) is 5.92 Å². The van der Waals surface area contributed by atoms with Gasteiger partial charge in [-0.1, -0.05) is 12.1 Å². The summed E-state index contributed by atoms with van der Waals surface area (Å²) in [4.78, 5) is 50.6. The maximum atomic E-state index is 11.8. The van der Waals surface area contributed by atoms with Crippen LogP contribution < -0.4 is 10.8 Å². The SMILES string of the molecule is CC(=O)C(CCC(=O)NOC(=O)NC(C)(C)C)Cc1ccc(C(=O)O)cc1. The van der Waals surface area contributed by atoms with E-state index in [1.807, 2.05) is 0 Å². The van der Waals surface area contributed by atoms with Gasteiger partial charge in [0.15, 0.2) is 0 Å². The number of carboxylic acids is 1. The van der Waals surface area contributed by atoms with Crippen LogP contribution in [0.5, 0.6) is 0 Å². The van der Waals surface area contributed by atoms with E-state index in [4.69, 9.17) is 5.11 Å². The Morgan fingerprint density at radius 1 is 1.11 bits per heavy atom. The second-order valence-corrected chi connectivity index (χ2v) is 7.34. The molecule has 1 rings (SSSR count). The van der Waals surface area contributed by atoms with E-state index in [1.165, 1.54) is 19.1 Å². The van der Waals surface area contributed by atoms with E-state index in [9.17, 15) is 19.2 Å². The van der Waals surface area contributed by atoms with Crippen molar-refractivity contribution >= 4 is 23.8 Å². The van der Waals surface area contributed by atoms with E-state index < -0.39 is 29.4 Å². The summed E-state index contributed by atoms with van der Waals surface area (Å²) >= 11 is 0. The Labute approximate surface area is 158 Å². The maximum absolute atomic E-state index is 11.8. The topological polar surface area (TPSA) is 122 Å². The minimum absolute atomic E-state index is 0.0141. The number of benzene rings is 1. The number of carboxylic acid groups (broad SMARTS) is 1. The van der Waals surface area contributed by atoms with Gasteiger partial charge in [0.25, 0.3) is 5.91 Å². The molecule has 0 aliphatic rings. The molecule has 1 aromatic rings. The van der Waals surface area contributed by atoms with Crippen LogP contribution in [0.15, 0.2) is 24.3 Å². The lowest BCUT2D eigenvalue weighted by molar-refractivity contribution is -0.130. The Morgan fingerprint density at radius 3 is 2.19 bits per heavy atom. The molecule has 0 saturated heterocycles. The number of rotatable bonds is 7. The molecule has 1 aromatic carbocycles. The summed E-state index contributed by atoms with van der Waals surface area (Å²) in [6, 6.07) is 6.26. The Hall–Kier alpha value is -2.90. The average Bonchev–Trinajstić information content (AvgIpc) is 2.55. The summed E-state index contributed by atoms with van der Waals surface area (Å²) in [6.45, 7) is 6.77. The number of carbonyl (C=O) groups is 4. The predicted molar refractivity (Wildman–Crippen MR) is 98.0 cm³/mol. The van der Waals surface area contributed by atoms with Gasteiger partial charge in [0.2, 0.25) is 0 Å². The fourth-order valence-electron chi connectivity index (χ4n) is 2.31. The van der Waals surface area contributed by atoms with Gasteiger partial charge in [-0.2, -0.15) is 5.48 Å². The van der Waals surface area contributed by atoms with Gasteiger partial charge >= 0.3 is 12.1 Å². The van der Waals surface area contributed by atoms with Crippen molar-refractivity contribution in [2.75, 3.05) is 0 Å². The number of carbonyl (C=O) groups excluding carboxylic acids is 3. The Morgan fingerprint density at radius 2 is 1.70 bits per heavy atom. The monoisotopic (exact) mass is 378 g/mol. The number of hydrogen-bond acceptors (Lipinski definition) is 5. The Kier molecular flexibility index (Phi) is 7.96. The second-order valence-electron chi connectivity index (χ2n) is 7.34. The van der Waals surface area contributed by atoms with Crippen molar-refractivity contribution in [3.63, 3.8) is 0 Å². The fourth-order valence-corrected chi connectivity index (χ4v) is 2.31. The summed E-state index contributed by atoms with van der Waals surface area (Å²) in [6.07, 6.45) is -0.0715. The maximum Gasteiger partial charge on any atom is 0.431 e. The van der Waals surface area contributed by atoms with Crippen molar-refractivity contribution in [3.8, 4) is 0 Å². The lowest BCUT2D eigenvalue weighted by Crippen LogP contribution is -2.43. The van der Waals surface area contributed by atoms with Crippen LogP contribution in [0.3, 0.4) is 0 Å². The molecule has 0 aliphatic carbocycles. The molecule has 1 atom stereocenters. The molecule has 0 saturated carbocycles. The summed E-state index contributed by atoms with van der Waals surface area (Å²) < 4.78 is 0. The van der Waals surface area contributed by atoms with Crippen LogP contribution in [0.4, 0.5) is 4.79 Å². The molecular formula is C19H26N2O6. The number of aromatic carboxylic acids is 1. The highest BCUT2D eigenvalue weighted by molar-refractivity contribution is 5.87. The zero-order valence-corrected chi connectivity index (χ0v) is 16.0. The van der Waals surface area contributed by atoms with E-state index >= 15 is 0 Å². The minimum atomic E-state index is -1.02. The van der Waals surface area contributed by atoms with Gasteiger partial charge in [0, 0.05) is 17.9 Å². The van der Waals surface area contributed by atoms with Gasteiger partial charge in [-0.15, -0.1) is 0 Å². The lowest BCUT2D eigenvalue weighted by Gasteiger charge is -2.19. The van der Waals surface area contributed by atoms with Crippen LogP contribution in [-0.2, 0) is 20.8 Å². The first-order valence-corrected chi connectivity index (χ1v) is 8.58. The fraction of sp³-hybridized carbons (Fsp3) is 0.474. The zero-order chi connectivity index (χ0) is 20.6. The number of ketones is 1. The van der Waals surface area contributed by atoms with Crippen LogP contribution in [0.2, 0.25) is 0 Å². The number of amides is 2. The van der Waals surface area contributed by atoms with Crippen LogP contribution in [-0.4, -0.2) is 34.4 Å². The standard InChI is InChI=1S/C19H26N2O6/c1-12(22)15(11-13-5-7-14(8-6-13)17(24)25)9-10-16(23)21-27-18(26)20-19(2,3)4/h5-8,15H,9-11H2,1-4H3,(H,20,26)(H,21,23)(H,24,25). The van der Waals surface area contributed by atoms with Crippen LogP contribution in [0.25, 0.3) is 0 Å². The molecule has 0 fully saturated rings. The number of hydrogen-bond donors (Lipinski definition) is 3. The molecule has 8 nitrogen and oxygen atoms in total. The van der Waals surface area contributed by atoms with E-state index in [1.54, 1.807) is 32.9 Å². The predicted octanol–water partition coefficient (Wildman–Crippen LogP) is 2.47. The van der Waals surface area contributed by atoms with Crippen molar-refractivity contribution in [3.05, 3.63) is 35.4 Å². The number of Topliss-reactive ketones (excluding diaryl/α,β-unsaturated/α-hetero) is 1. The van der Waals surface area contributed by atoms with Gasteiger partial charge in [-0.05, 0) is 58.2 Å². The summed E-state index contributed by atoms with van der Waals surface area (Å²) in [5.41, 5.74) is 2.54. The van der Waals surface area contributed by atoms with Crippen molar-refractivity contribution in [2.24, 2.45) is 5.92 Å². The number of nitrogens with one attached hydrogen (secondary N) is 2. The molecule has 3 N–H and O–H groups in total. The highest BCUT2D eigenvalue weighted by Crippen LogP contribution is 2.16. The molecule has 1 unspecified atom stereocenters. The van der Waals surface area contributed by atoms with Crippen molar-refractivity contribution in [1.82, 2.24) is 10.8 Å². The van der Waals surface area contributed by atoms with E-state index in [0.717, 1.165) is 5.56 Å². The molecule has 0 heterocycles. The highest BCUT2D eigenvalue weighted by atomic mass is 16.7. The molecule has 0 spiro atoms. The largest absolute Gasteiger partial charge is 0.478 e. The molecule has 0 radical (unpaired) electrons. The molecule has 27 heavy (non-hydrogen) atoms. The van der Waals surface area contributed by atoms with E-state index in [0.29, 0.717) is 6.42 Å². The first-order valence-electron chi connectivity index (χ1n) is 8.58. The second kappa shape index (κ2) is 9.70. The molecule has 148 valence electrons. The van der Waals surface area contributed by atoms with Gasteiger partial charge < -0.3 is 15.3 Å². The van der Waals surface area contributed by atoms with E-state index in [2.05, 4.69) is 15.6 Å². The molecular weight excluding hydrogens is 352 g/mol. The van der Waals surface area contributed by atoms with E-state index in [-0.39, 0.29) is 24.2 Å². The van der Waals surface area contributed by atoms with Gasteiger partial charge in [0.1, 0.15) is 5.78 Å². The third-order valence-corrected chi connectivity index (χ3v) is 3.71. The third kappa shape index (κ3) is 8.84. The smallest absolute Gasteiger partial charge is 0.431 e. The van der Waals surface area contributed by atoms with Crippen molar-refractivity contribution in [1.29, 1.82) is 0 Å². The minimum Gasteiger partial charge on any atom is -0.478 e. The summed E-state index contributed by atoms with van der Waals surface area (Å²) in [7, 11) is 0. The molecule has 0 bridgehead atoms. The highest BCUT2D eigenvalue weighted by Gasteiger charge is 2.19. The van der Waals surface area contributed by atoms with Gasteiger partial charge in [-0.3, -0.25) is 9.59 Å². The number of hydroxylamine groups is 1. The molecule has 0 aromatic heterocycles. The lowest BCUT2D eigenvalue weighted by atomic mass is 9.91. The average molecular weight is 378 g/mol. The Bertz CT molecular complexity index is 691. The first kappa shape index (κ1) is 22.1. The van der Waals surface area contributed by atoms with Crippen molar-refractivity contribution in [2.45, 2.75) is 52.5 Å². The quantitative estimate of drug-likeness (QED) is 0.627. The van der Waals surface area contributed by atoms with Gasteiger partial charge in [-0.25, -0.2) is 9.59 Å². The molecule has 0 aliphatic heterocycles. The zero-order valence-electron chi connectivity index (χ0n) is 16.0.